The average molecular weight is 322 g/mol. The second-order valence-corrected chi connectivity index (χ2v) is 4.95. The van der Waals surface area contributed by atoms with Crippen molar-refractivity contribution in [3.63, 3.8) is 0 Å². The number of hydrogen-bond acceptors (Lipinski definition) is 5. The van der Waals surface area contributed by atoms with Gasteiger partial charge in [0.05, 0.1) is 13.7 Å². The molecule has 1 aromatic carbocycles. The van der Waals surface area contributed by atoms with Crippen LogP contribution in [0, 0.1) is 0 Å². The van der Waals surface area contributed by atoms with Crippen molar-refractivity contribution in [2.24, 2.45) is 0 Å². The van der Waals surface area contributed by atoms with E-state index in [0.717, 1.165) is 23.1 Å². The first-order valence-electron chi connectivity index (χ1n) is 6.86. The molecule has 6 heteroatoms. The van der Waals surface area contributed by atoms with Gasteiger partial charge in [-0.15, -0.1) is 6.58 Å². The summed E-state index contributed by atoms with van der Waals surface area (Å²) in [4.78, 5) is 11.2. The van der Waals surface area contributed by atoms with Crippen LogP contribution in [0.1, 0.15) is 11.3 Å². The molecule has 5 nitrogen and oxygen atoms in total. The lowest BCUT2D eigenvalue weighted by Gasteiger charge is -2.05. The molecule has 0 aliphatic heterocycles. The number of fused-ring (bicyclic) bond motifs is 1. The van der Waals surface area contributed by atoms with Crippen molar-refractivity contribution in [3.05, 3.63) is 42.2 Å². The standard InChI is InChI=1S/C16H19O5P/c1-3-5-13-11(8-9-20-22)12-6-4-7-14(16(12)21-13)19-10-15(17)18-2/h3-4,6-7H,1,5,8-10,22H2,2H3. The van der Waals surface area contributed by atoms with Crippen LogP contribution in [0.15, 0.2) is 35.3 Å². The molecule has 1 heterocycles. The van der Waals surface area contributed by atoms with Crippen LogP contribution in [0.2, 0.25) is 0 Å². The number of carbonyl (C=O) groups excluding carboxylic acids is 1. The van der Waals surface area contributed by atoms with E-state index in [9.17, 15) is 4.79 Å². The summed E-state index contributed by atoms with van der Waals surface area (Å²) in [6.45, 7) is 4.16. The molecule has 0 saturated heterocycles. The van der Waals surface area contributed by atoms with Gasteiger partial charge in [-0.2, -0.15) is 0 Å². The highest BCUT2D eigenvalue weighted by Crippen LogP contribution is 2.33. The van der Waals surface area contributed by atoms with E-state index in [2.05, 4.69) is 20.8 Å². The molecule has 1 atom stereocenters. The van der Waals surface area contributed by atoms with Crippen molar-refractivity contribution in [3.8, 4) is 5.75 Å². The summed E-state index contributed by atoms with van der Waals surface area (Å²) < 4.78 is 21.1. The van der Waals surface area contributed by atoms with E-state index < -0.39 is 5.97 Å². The van der Waals surface area contributed by atoms with Crippen LogP contribution in [-0.2, 0) is 26.9 Å². The molecule has 0 spiro atoms. The van der Waals surface area contributed by atoms with Crippen LogP contribution in [0.4, 0.5) is 0 Å². The number of ether oxygens (including phenoxy) is 2. The Morgan fingerprint density at radius 3 is 2.95 bits per heavy atom. The highest BCUT2D eigenvalue weighted by molar-refractivity contribution is 7.09. The van der Waals surface area contributed by atoms with E-state index in [1.165, 1.54) is 7.11 Å². The predicted octanol–water partition coefficient (Wildman–Crippen LogP) is 3.06. The van der Waals surface area contributed by atoms with Gasteiger partial charge >= 0.3 is 5.97 Å². The van der Waals surface area contributed by atoms with Crippen LogP contribution >= 0.6 is 9.47 Å². The second kappa shape index (κ2) is 7.97. The molecule has 0 fully saturated rings. The summed E-state index contributed by atoms with van der Waals surface area (Å²) in [5.74, 6) is 0.916. The second-order valence-electron chi connectivity index (χ2n) is 4.62. The van der Waals surface area contributed by atoms with Gasteiger partial charge in [-0.25, -0.2) is 4.79 Å². The number of para-hydroxylation sites is 1. The van der Waals surface area contributed by atoms with Gasteiger partial charge in [-0.05, 0) is 6.07 Å². The molecular formula is C16H19O5P. The van der Waals surface area contributed by atoms with Gasteiger partial charge < -0.3 is 18.4 Å². The Bertz CT molecular complexity index is 662. The van der Waals surface area contributed by atoms with Crippen molar-refractivity contribution in [2.75, 3.05) is 20.3 Å². The van der Waals surface area contributed by atoms with E-state index in [-0.39, 0.29) is 6.61 Å². The lowest BCUT2D eigenvalue weighted by Crippen LogP contribution is -2.12. The van der Waals surface area contributed by atoms with Crippen LogP contribution in [-0.4, -0.2) is 26.3 Å². The fourth-order valence-electron chi connectivity index (χ4n) is 2.23. The Labute approximate surface area is 131 Å². The summed E-state index contributed by atoms with van der Waals surface area (Å²) in [5.41, 5.74) is 1.70. The van der Waals surface area contributed by atoms with Gasteiger partial charge in [0.1, 0.15) is 5.76 Å². The minimum Gasteiger partial charge on any atom is -0.478 e. The van der Waals surface area contributed by atoms with Crippen LogP contribution in [0.3, 0.4) is 0 Å². The molecule has 0 aliphatic rings. The molecule has 1 unspecified atom stereocenters. The number of benzene rings is 1. The van der Waals surface area contributed by atoms with Gasteiger partial charge in [0, 0.05) is 33.3 Å². The van der Waals surface area contributed by atoms with E-state index in [1.54, 1.807) is 12.1 Å². The molecule has 118 valence electrons. The Balaban J connectivity index is 2.38. The first kappa shape index (κ1) is 16.5. The van der Waals surface area contributed by atoms with Crippen LogP contribution in [0.5, 0.6) is 5.75 Å². The van der Waals surface area contributed by atoms with Gasteiger partial charge in [0.15, 0.2) is 17.9 Å². The molecular weight excluding hydrogens is 303 g/mol. The topological polar surface area (TPSA) is 57.9 Å². The monoisotopic (exact) mass is 322 g/mol. The fraction of sp³-hybridized carbons (Fsp3) is 0.312. The lowest BCUT2D eigenvalue weighted by molar-refractivity contribution is -0.142. The van der Waals surface area contributed by atoms with Gasteiger partial charge in [-0.1, -0.05) is 18.2 Å². The Morgan fingerprint density at radius 1 is 1.45 bits per heavy atom. The van der Waals surface area contributed by atoms with E-state index in [1.807, 2.05) is 12.1 Å². The number of carbonyl (C=O) groups is 1. The minimum absolute atomic E-state index is 0.156. The highest BCUT2D eigenvalue weighted by atomic mass is 31.0. The maximum absolute atomic E-state index is 11.2. The summed E-state index contributed by atoms with van der Waals surface area (Å²) in [6, 6.07) is 5.60. The molecule has 22 heavy (non-hydrogen) atoms. The number of hydrogen-bond donors (Lipinski definition) is 0. The average Bonchev–Trinajstić information content (AvgIpc) is 2.88. The zero-order valence-electron chi connectivity index (χ0n) is 12.5. The Hall–Kier alpha value is -1.84. The van der Waals surface area contributed by atoms with E-state index in [0.29, 0.717) is 24.4 Å². The SMILES string of the molecule is C=CCc1oc2c(OCC(=O)OC)cccc2c1CCOP. The van der Waals surface area contributed by atoms with E-state index >= 15 is 0 Å². The third-order valence-corrected chi connectivity index (χ3v) is 3.47. The molecule has 1 aromatic heterocycles. The molecule has 0 amide bonds. The first-order chi connectivity index (χ1) is 10.7. The molecule has 0 aliphatic carbocycles. The van der Waals surface area contributed by atoms with E-state index in [4.69, 9.17) is 13.7 Å². The lowest BCUT2D eigenvalue weighted by atomic mass is 10.1. The van der Waals surface area contributed by atoms with Crippen molar-refractivity contribution in [1.29, 1.82) is 0 Å². The summed E-state index contributed by atoms with van der Waals surface area (Å²) in [6.07, 6.45) is 3.13. The van der Waals surface area contributed by atoms with Crippen molar-refractivity contribution in [2.45, 2.75) is 12.8 Å². The Morgan fingerprint density at radius 2 is 2.27 bits per heavy atom. The molecule has 0 bridgehead atoms. The van der Waals surface area contributed by atoms with Crippen molar-refractivity contribution in [1.82, 2.24) is 0 Å². The third kappa shape index (κ3) is 3.67. The Kier molecular flexibility index (Phi) is 5.99. The number of allylic oxidation sites excluding steroid dienone is 1. The summed E-state index contributed by atoms with van der Waals surface area (Å²) in [5, 5.41) is 0.960. The third-order valence-electron chi connectivity index (χ3n) is 3.24. The number of rotatable bonds is 8. The highest BCUT2D eigenvalue weighted by Gasteiger charge is 2.17. The molecule has 2 rings (SSSR count). The maximum atomic E-state index is 11.2. The molecule has 0 N–H and O–H groups in total. The minimum atomic E-state index is -0.438. The normalized spacial score (nSPS) is 10.6. The fourth-order valence-corrected chi connectivity index (χ4v) is 2.35. The van der Waals surface area contributed by atoms with Crippen LogP contribution < -0.4 is 4.74 Å². The number of furan rings is 1. The molecule has 0 radical (unpaired) electrons. The largest absolute Gasteiger partial charge is 0.478 e. The maximum Gasteiger partial charge on any atom is 0.343 e. The summed E-state index contributed by atoms with van der Waals surface area (Å²) >= 11 is 0. The zero-order valence-corrected chi connectivity index (χ0v) is 13.6. The quantitative estimate of drug-likeness (QED) is 0.425. The smallest absolute Gasteiger partial charge is 0.343 e. The van der Waals surface area contributed by atoms with Gasteiger partial charge in [-0.3, -0.25) is 0 Å². The predicted molar refractivity (Wildman–Crippen MR) is 87.0 cm³/mol. The number of esters is 1. The van der Waals surface area contributed by atoms with Crippen LogP contribution in [0.25, 0.3) is 11.0 Å². The van der Waals surface area contributed by atoms with Crippen molar-refractivity contribution < 1.29 is 23.2 Å². The van der Waals surface area contributed by atoms with Crippen molar-refractivity contribution >= 4 is 26.4 Å². The first-order valence-corrected chi connectivity index (χ1v) is 7.33. The molecule has 2 aromatic rings. The number of methoxy groups -OCH3 is 1. The molecule has 0 saturated carbocycles. The van der Waals surface area contributed by atoms with Gasteiger partial charge in [0.25, 0.3) is 0 Å². The summed E-state index contributed by atoms with van der Waals surface area (Å²) in [7, 11) is 3.56. The van der Waals surface area contributed by atoms with Gasteiger partial charge in [0.2, 0.25) is 0 Å². The zero-order chi connectivity index (χ0) is 15.9.